The van der Waals surface area contributed by atoms with Crippen LogP contribution >= 0.6 is 0 Å². The first-order valence-electron chi connectivity index (χ1n) is 11.9. The first-order valence-corrected chi connectivity index (χ1v) is 11.9. The van der Waals surface area contributed by atoms with Crippen molar-refractivity contribution in [3.63, 3.8) is 0 Å². The van der Waals surface area contributed by atoms with E-state index in [1.807, 2.05) is 6.07 Å². The van der Waals surface area contributed by atoms with Crippen LogP contribution in [0.2, 0.25) is 0 Å². The number of benzene rings is 1. The zero-order valence-corrected chi connectivity index (χ0v) is 19.6. The Morgan fingerprint density at radius 3 is 2.66 bits per heavy atom. The zero-order chi connectivity index (χ0) is 24.1. The minimum Gasteiger partial charge on any atom is -0.496 e. The number of fused-ring (bicyclic) bond motifs is 1. The van der Waals surface area contributed by atoms with Gasteiger partial charge in [-0.1, -0.05) is 6.07 Å². The van der Waals surface area contributed by atoms with Crippen LogP contribution in [0.4, 0.5) is 21.7 Å². The average Bonchev–Trinajstić information content (AvgIpc) is 3.41. The second kappa shape index (κ2) is 8.49. The zero-order valence-electron chi connectivity index (χ0n) is 19.6. The Balaban J connectivity index is 1.41. The van der Waals surface area contributed by atoms with Crippen molar-refractivity contribution in [2.75, 3.05) is 48.0 Å². The molecule has 0 spiro atoms. The lowest BCUT2D eigenvalue weighted by Gasteiger charge is -2.34. The summed E-state index contributed by atoms with van der Waals surface area (Å²) in [5, 5.41) is 0. The number of amides is 1. The number of anilines is 3. The topological polar surface area (TPSA) is 87.8 Å². The third kappa shape index (κ3) is 3.67. The Bertz CT molecular complexity index is 1310. The predicted molar refractivity (Wildman–Crippen MR) is 133 cm³/mol. The van der Waals surface area contributed by atoms with E-state index in [0.717, 1.165) is 50.5 Å². The molecule has 0 unspecified atom stereocenters. The lowest BCUT2D eigenvalue weighted by Crippen LogP contribution is -2.37. The molecule has 0 saturated carbocycles. The van der Waals surface area contributed by atoms with E-state index in [0.29, 0.717) is 28.4 Å². The summed E-state index contributed by atoms with van der Waals surface area (Å²) in [6, 6.07) is 10.5. The molecule has 6 rings (SSSR count). The van der Waals surface area contributed by atoms with Crippen molar-refractivity contribution in [2.24, 2.45) is 5.73 Å². The number of hydrogen-bond donors (Lipinski definition) is 1. The number of halogens is 1. The molecule has 1 amide bonds. The fraction of sp³-hybridized carbons (Fsp3) is 0.346. The summed E-state index contributed by atoms with van der Waals surface area (Å²) in [4.78, 5) is 29.0. The minimum atomic E-state index is -0.443. The van der Waals surface area contributed by atoms with Crippen LogP contribution in [0, 0.1) is 5.82 Å². The fourth-order valence-corrected chi connectivity index (χ4v) is 5.07. The first kappa shape index (κ1) is 21.8. The van der Waals surface area contributed by atoms with E-state index in [4.69, 9.17) is 15.5 Å². The van der Waals surface area contributed by atoms with E-state index in [2.05, 4.69) is 20.9 Å². The van der Waals surface area contributed by atoms with Gasteiger partial charge in [-0.05, 0) is 31.0 Å². The molecule has 0 aliphatic carbocycles. The third-order valence-corrected chi connectivity index (χ3v) is 7.11. The summed E-state index contributed by atoms with van der Waals surface area (Å²) in [6.07, 6.45) is 3.61. The molecule has 8 nitrogen and oxygen atoms in total. The third-order valence-electron chi connectivity index (χ3n) is 7.11. The molecular formula is C26H27FN6O2. The number of hydrogen-bond acceptors (Lipinski definition) is 7. The van der Waals surface area contributed by atoms with Crippen LogP contribution in [-0.2, 0) is 6.54 Å². The molecule has 0 radical (unpaired) electrons. The monoisotopic (exact) mass is 474 g/mol. The molecular weight excluding hydrogens is 447 g/mol. The Kier molecular flexibility index (Phi) is 5.29. The molecule has 2 N–H and O–H groups in total. The van der Waals surface area contributed by atoms with E-state index >= 15 is 0 Å². The Morgan fingerprint density at radius 1 is 1.11 bits per heavy atom. The van der Waals surface area contributed by atoms with Gasteiger partial charge in [0.25, 0.3) is 5.91 Å². The number of carbonyl (C=O) groups excluding carboxylic acids is 1. The highest BCUT2D eigenvalue weighted by Crippen LogP contribution is 2.39. The Labute approximate surface area is 203 Å². The van der Waals surface area contributed by atoms with Crippen molar-refractivity contribution >= 4 is 23.2 Å². The number of methoxy groups -OCH3 is 1. The maximum absolute atomic E-state index is 14.9. The van der Waals surface area contributed by atoms with Crippen LogP contribution in [-0.4, -0.2) is 55.2 Å². The molecule has 1 atom stereocenters. The summed E-state index contributed by atoms with van der Waals surface area (Å²) in [5.74, 6) is 1.17. The van der Waals surface area contributed by atoms with Crippen molar-refractivity contribution in [3.05, 3.63) is 59.5 Å². The molecule has 5 heterocycles. The highest BCUT2D eigenvalue weighted by Gasteiger charge is 2.34. The standard InChI is InChI=1S/C26H27FN6O2/c1-35-21-5-2-4-20(27)24(21)25-19-15-33(26(34)18(19)6-8-29-25)23-13-17(31-9-3-10-31)12-22(30-23)32-11-7-16(28)14-32/h2,4-6,8,12-13,16H,3,7,9-11,14-15,28H2,1H3/t16-/m0/s1. The molecule has 2 fully saturated rings. The van der Waals surface area contributed by atoms with E-state index < -0.39 is 5.82 Å². The number of rotatable bonds is 5. The van der Waals surface area contributed by atoms with Gasteiger partial charge in [0.15, 0.2) is 0 Å². The van der Waals surface area contributed by atoms with Crippen molar-refractivity contribution in [1.29, 1.82) is 0 Å². The molecule has 35 heavy (non-hydrogen) atoms. The number of nitrogens with two attached hydrogens (primary N) is 1. The van der Waals surface area contributed by atoms with Gasteiger partial charge in [0.1, 0.15) is 23.2 Å². The van der Waals surface area contributed by atoms with Gasteiger partial charge in [-0.2, -0.15) is 0 Å². The van der Waals surface area contributed by atoms with Gasteiger partial charge in [0, 0.05) is 67.4 Å². The molecule has 2 saturated heterocycles. The number of aromatic nitrogens is 2. The largest absolute Gasteiger partial charge is 0.496 e. The minimum absolute atomic E-state index is 0.120. The fourth-order valence-electron chi connectivity index (χ4n) is 5.07. The van der Waals surface area contributed by atoms with Crippen LogP contribution in [0.15, 0.2) is 42.6 Å². The molecule has 180 valence electrons. The van der Waals surface area contributed by atoms with Gasteiger partial charge < -0.3 is 20.3 Å². The van der Waals surface area contributed by atoms with Crippen LogP contribution < -0.4 is 25.2 Å². The predicted octanol–water partition coefficient (Wildman–Crippen LogP) is 3.20. The van der Waals surface area contributed by atoms with Gasteiger partial charge in [-0.25, -0.2) is 9.37 Å². The lowest BCUT2D eigenvalue weighted by molar-refractivity contribution is 0.0996. The highest BCUT2D eigenvalue weighted by molar-refractivity contribution is 6.11. The maximum Gasteiger partial charge on any atom is 0.260 e. The number of nitrogens with zero attached hydrogens (tertiary/aromatic N) is 5. The molecule has 0 bridgehead atoms. The van der Waals surface area contributed by atoms with Gasteiger partial charge in [-0.3, -0.25) is 14.7 Å². The van der Waals surface area contributed by atoms with Crippen LogP contribution in [0.1, 0.15) is 28.8 Å². The van der Waals surface area contributed by atoms with Crippen LogP contribution in [0.5, 0.6) is 5.75 Å². The smallest absolute Gasteiger partial charge is 0.260 e. The molecule has 3 aliphatic heterocycles. The molecule has 3 aromatic rings. The van der Waals surface area contributed by atoms with Crippen LogP contribution in [0.3, 0.4) is 0 Å². The van der Waals surface area contributed by atoms with Crippen molar-refractivity contribution in [1.82, 2.24) is 9.97 Å². The van der Waals surface area contributed by atoms with E-state index in [1.54, 1.807) is 29.3 Å². The molecule has 9 heteroatoms. The van der Waals surface area contributed by atoms with Gasteiger partial charge >= 0.3 is 0 Å². The quantitative estimate of drug-likeness (QED) is 0.608. The van der Waals surface area contributed by atoms with Crippen LogP contribution in [0.25, 0.3) is 11.3 Å². The van der Waals surface area contributed by atoms with E-state index in [-0.39, 0.29) is 24.1 Å². The van der Waals surface area contributed by atoms with Gasteiger partial charge in [0.05, 0.1) is 24.9 Å². The second-order valence-electron chi connectivity index (χ2n) is 9.27. The average molecular weight is 475 g/mol. The Hall–Kier alpha value is -3.72. The van der Waals surface area contributed by atoms with Crippen molar-refractivity contribution in [2.45, 2.75) is 25.4 Å². The summed E-state index contributed by atoms with van der Waals surface area (Å²) >= 11 is 0. The number of pyridine rings is 2. The first-order chi connectivity index (χ1) is 17.0. The van der Waals surface area contributed by atoms with E-state index in [1.165, 1.54) is 13.2 Å². The number of ether oxygens (including phenoxy) is 1. The molecule has 3 aliphatic rings. The van der Waals surface area contributed by atoms with Gasteiger partial charge in [-0.15, -0.1) is 0 Å². The highest BCUT2D eigenvalue weighted by atomic mass is 19.1. The normalized spacial score (nSPS) is 19.2. The Morgan fingerprint density at radius 2 is 1.94 bits per heavy atom. The summed E-state index contributed by atoms with van der Waals surface area (Å²) in [5.41, 5.74) is 9.05. The molecule has 2 aromatic heterocycles. The summed E-state index contributed by atoms with van der Waals surface area (Å²) in [6.45, 7) is 3.80. The van der Waals surface area contributed by atoms with Gasteiger partial charge in [0.2, 0.25) is 0 Å². The second-order valence-corrected chi connectivity index (χ2v) is 9.27. The summed E-state index contributed by atoms with van der Waals surface area (Å²) in [7, 11) is 1.50. The van der Waals surface area contributed by atoms with Crippen molar-refractivity contribution < 1.29 is 13.9 Å². The SMILES string of the molecule is COc1cccc(F)c1-c1nccc2c1CN(c1cc(N3CCC3)cc(N3CC[C@H](N)C3)n1)C2=O. The molecule has 1 aromatic carbocycles. The summed E-state index contributed by atoms with van der Waals surface area (Å²) < 4.78 is 20.3. The lowest BCUT2D eigenvalue weighted by atomic mass is 10.0. The maximum atomic E-state index is 14.9. The van der Waals surface area contributed by atoms with Crippen molar-refractivity contribution in [3.8, 4) is 17.0 Å². The van der Waals surface area contributed by atoms with E-state index in [9.17, 15) is 9.18 Å². The number of carbonyl (C=O) groups is 1.